The zero-order valence-electron chi connectivity index (χ0n) is 13.0. The van der Waals surface area contributed by atoms with Gasteiger partial charge in [0.05, 0.1) is 11.1 Å². The molecule has 2 rings (SSSR count). The van der Waals surface area contributed by atoms with E-state index >= 15 is 0 Å². The van der Waals surface area contributed by atoms with Gasteiger partial charge in [0.15, 0.2) is 0 Å². The van der Waals surface area contributed by atoms with Gasteiger partial charge in [-0.15, -0.1) is 0 Å². The van der Waals surface area contributed by atoms with Crippen LogP contribution in [-0.2, 0) is 19.1 Å². The minimum Gasteiger partial charge on any atom is -0.381 e. The Morgan fingerprint density at radius 2 is 0.885 bits per heavy atom. The molecule has 0 amide bonds. The highest BCUT2D eigenvalue weighted by Gasteiger charge is 2.25. The molecule has 0 saturated heterocycles. The number of carbonyl (C=O) groups excluding carboxylic acids is 6. The summed E-state index contributed by atoms with van der Waals surface area (Å²) in [7, 11) is 0. The lowest BCUT2D eigenvalue weighted by Gasteiger charge is -2.04. The van der Waals surface area contributed by atoms with E-state index in [4.69, 9.17) is 0 Å². The summed E-state index contributed by atoms with van der Waals surface area (Å²) in [5.41, 5.74) is 0.456. The molecule has 0 atom stereocenters. The van der Waals surface area contributed by atoms with Crippen LogP contribution in [0.25, 0.3) is 0 Å². The monoisotopic (exact) mass is 354 g/mol. The third-order valence-corrected chi connectivity index (χ3v) is 3.10. The molecule has 0 N–H and O–H groups in total. The average molecular weight is 354 g/mol. The number of rotatable bonds is 4. The molecule has 0 saturated carbocycles. The first-order valence-corrected chi connectivity index (χ1v) is 7.07. The Balaban J connectivity index is 1.96. The maximum atomic E-state index is 11.7. The largest absolute Gasteiger partial charge is 0.425 e. The van der Waals surface area contributed by atoms with Crippen LogP contribution < -0.4 is 0 Å². The van der Waals surface area contributed by atoms with Crippen LogP contribution in [0.5, 0.6) is 0 Å². The summed E-state index contributed by atoms with van der Waals surface area (Å²) in [5.74, 6) is -5.64. The van der Waals surface area contributed by atoms with Crippen LogP contribution in [0.4, 0.5) is 0 Å². The third-order valence-electron chi connectivity index (χ3n) is 3.10. The van der Waals surface area contributed by atoms with Gasteiger partial charge in [-0.1, -0.05) is 24.3 Å². The highest BCUT2D eigenvalue weighted by atomic mass is 16.6. The normalized spacial score (nSPS) is 9.69. The van der Waals surface area contributed by atoms with Crippen molar-refractivity contribution in [2.24, 2.45) is 0 Å². The summed E-state index contributed by atoms with van der Waals surface area (Å²) in [5, 5.41) is 0. The van der Waals surface area contributed by atoms with Gasteiger partial charge in [-0.05, 0) is 24.3 Å². The molecule has 8 heteroatoms. The van der Waals surface area contributed by atoms with Gasteiger partial charge < -0.3 is 9.47 Å². The average Bonchev–Trinajstić information content (AvgIpc) is 2.67. The van der Waals surface area contributed by atoms with E-state index in [9.17, 15) is 28.8 Å². The molecule has 0 radical (unpaired) electrons. The first kappa shape index (κ1) is 18.4. The van der Waals surface area contributed by atoms with E-state index in [-0.39, 0.29) is 11.1 Å². The van der Waals surface area contributed by atoms with Crippen molar-refractivity contribution in [2.45, 2.75) is 0 Å². The van der Waals surface area contributed by atoms with Crippen molar-refractivity contribution >= 4 is 36.4 Å². The smallest absolute Gasteiger partial charge is 0.381 e. The Morgan fingerprint density at radius 1 is 0.577 bits per heavy atom. The summed E-state index contributed by atoms with van der Waals surface area (Å²) in [6, 6.07) is 10.2. The van der Waals surface area contributed by atoms with Crippen LogP contribution >= 0.6 is 0 Å². The second-order valence-electron chi connectivity index (χ2n) is 4.83. The molecular weight excluding hydrogens is 344 g/mol. The molecule has 0 fully saturated rings. The van der Waals surface area contributed by atoms with E-state index in [0.29, 0.717) is 23.7 Å². The van der Waals surface area contributed by atoms with Gasteiger partial charge in [-0.2, -0.15) is 0 Å². The number of aldehydes is 2. The summed E-state index contributed by atoms with van der Waals surface area (Å²) in [4.78, 5) is 67.6. The Bertz CT molecular complexity index is 803. The summed E-state index contributed by atoms with van der Waals surface area (Å²) in [6.45, 7) is 0. The van der Waals surface area contributed by atoms with Gasteiger partial charge >= 0.3 is 23.9 Å². The summed E-state index contributed by atoms with van der Waals surface area (Å²) >= 11 is 0. The number of hydrogen-bond acceptors (Lipinski definition) is 8. The summed E-state index contributed by atoms with van der Waals surface area (Å²) < 4.78 is 8.61. The van der Waals surface area contributed by atoms with E-state index in [0.717, 1.165) is 0 Å². The molecule has 0 aliphatic rings. The minimum atomic E-state index is -1.67. The molecule has 130 valence electrons. The molecule has 2 aromatic rings. The van der Waals surface area contributed by atoms with Crippen molar-refractivity contribution in [3.8, 4) is 0 Å². The van der Waals surface area contributed by atoms with Gasteiger partial charge in [0, 0.05) is 11.1 Å². The Kier molecular flexibility index (Phi) is 5.83. The summed E-state index contributed by atoms with van der Waals surface area (Å²) in [6.07, 6.45) is 1.12. The van der Waals surface area contributed by atoms with Crippen LogP contribution in [0, 0.1) is 0 Å². The van der Waals surface area contributed by atoms with Crippen molar-refractivity contribution in [1.82, 2.24) is 0 Å². The zero-order chi connectivity index (χ0) is 19.1. The fourth-order valence-electron chi connectivity index (χ4n) is 1.77. The van der Waals surface area contributed by atoms with Crippen molar-refractivity contribution in [1.29, 1.82) is 0 Å². The molecule has 0 heterocycles. The van der Waals surface area contributed by atoms with Crippen molar-refractivity contribution in [2.75, 3.05) is 0 Å². The Labute approximate surface area is 146 Å². The van der Waals surface area contributed by atoms with E-state index in [1.807, 2.05) is 0 Å². The SMILES string of the molecule is O=Cc1ccc(C(=O)OC(=O)C(=O)OC(=O)c2ccc(C=O)cc2)cc1. The van der Waals surface area contributed by atoms with Gasteiger partial charge in [-0.25, -0.2) is 19.2 Å². The molecule has 0 aromatic heterocycles. The van der Waals surface area contributed by atoms with Gasteiger partial charge in [0.25, 0.3) is 0 Å². The van der Waals surface area contributed by atoms with Crippen LogP contribution in [0.2, 0.25) is 0 Å². The molecule has 0 aliphatic heterocycles. The Hall–Kier alpha value is -3.94. The van der Waals surface area contributed by atoms with Crippen molar-refractivity contribution in [3.05, 3.63) is 70.8 Å². The standard InChI is InChI=1S/C18H10O8/c19-9-11-1-5-13(6-2-11)15(21)25-17(23)18(24)26-16(22)14-7-3-12(10-20)4-8-14/h1-10H. The maximum Gasteiger partial charge on any atom is 0.425 e. The highest BCUT2D eigenvalue weighted by molar-refractivity contribution is 6.34. The molecule has 0 spiro atoms. The minimum absolute atomic E-state index is 0.0764. The zero-order valence-corrected chi connectivity index (χ0v) is 13.0. The van der Waals surface area contributed by atoms with E-state index in [2.05, 4.69) is 9.47 Å². The van der Waals surface area contributed by atoms with Gasteiger partial charge in [0.1, 0.15) is 12.6 Å². The third kappa shape index (κ3) is 4.54. The first-order valence-electron chi connectivity index (χ1n) is 7.07. The van der Waals surface area contributed by atoms with Crippen LogP contribution in [0.15, 0.2) is 48.5 Å². The van der Waals surface area contributed by atoms with E-state index < -0.39 is 23.9 Å². The number of carbonyl (C=O) groups is 6. The Morgan fingerprint density at radius 3 is 1.15 bits per heavy atom. The van der Waals surface area contributed by atoms with Crippen molar-refractivity contribution < 1.29 is 38.2 Å². The molecule has 2 aromatic carbocycles. The second kappa shape index (κ2) is 8.25. The lowest BCUT2D eigenvalue weighted by atomic mass is 10.1. The number of ether oxygens (including phenoxy) is 2. The molecule has 0 bridgehead atoms. The molecule has 26 heavy (non-hydrogen) atoms. The lowest BCUT2D eigenvalue weighted by Crippen LogP contribution is -2.26. The predicted molar refractivity (Wildman–Crippen MR) is 84.5 cm³/mol. The van der Waals surface area contributed by atoms with Crippen LogP contribution in [-0.4, -0.2) is 36.4 Å². The number of benzene rings is 2. The topological polar surface area (TPSA) is 121 Å². The fraction of sp³-hybridized carbons (Fsp3) is 0. The van der Waals surface area contributed by atoms with Crippen LogP contribution in [0.3, 0.4) is 0 Å². The van der Waals surface area contributed by atoms with Gasteiger partial charge in [0.2, 0.25) is 0 Å². The molecule has 0 unspecified atom stereocenters. The van der Waals surface area contributed by atoms with E-state index in [1.165, 1.54) is 48.5 Å². The van der Waals surface area contributed by atoms with Crippen molar-refractivity contribution in [3.63, 3.8) is 0 Å². The van der Waals surface area contributed by atoms with Crippen LogP contribution in [0.1, 0.15) is 41.4 Å². The second-order valence-corrected chi connectivity index (χ2v) is 4.83. The lowest BCUT2D eigenvalue weighted by molar-refractivity contribution is -0.160. The van der Waals surface area contributed by atoms with Gasteiger partial charge in [-0.3, -0.25) is 9.59 Å². The first-order chi connectivity index (χ1) is 12.4. The highest BCUT2D eigenvalue weighted by Crippen LogP contribution is 2.07. The number of esters is 4. The molecule has 8 nitrogen and oxygen atoms in total. The predicted octanol–water partition coefficient (Wildman–Crippen LogP) is 1.38. The quantitative estimate of drug-likeness (QED) is 0.349. The molecular formula is C18H10O8. The molecule has 0 aliphatic carbocycles. The maximum absolute atomic E-state index is 11.7. The van der Waals surface area contributed by atoms with E-state index in [1.54, 1.807) is 0 Å². The number of hydrogen-bond donors (Lipinski definition) is 0. The fourth-order valence-corrected chi connectivity index (χ4v) is 1.77.